The lowest BCUT2D eigenvalue weighted by Crippen LogP contribution is -1.99. The van der Waals surface area contributed by atoms with Crippen molar-refractivity contribution in [1.29, 1.82) is 0 Å². The van der Waals surface area contributed by atoms with Crippen molar-refractivity contribution in [2.75, 3.05) is 7.11 Å². The predicted octanol–water partition coefficient (Wildman–Crippen LogP) is 4.90. The van der Waals surface area contributed by atoms with Crippen LogP contribution in [0.15, 0.2) is 48.5 Å². The third-order valence-electron chi connectivity index (χ3n) is 5.25. The average Bonchev–Trinajstić information content (AvgIpc) is 3.11. The first-order chi connectivity index (χ1) is 16.1. The van der Waals surface area contributed by atoms with E-state index in [-0.39, 0.29) is 27.8 Å². The maximum absolute atomic E-state index is 11.8. The second-order valence-corrected chi connectivity index (χ2v) is 7.14. The van der Waals surface area contributed by atoms with E-state index in [4.69, 9.17) is 4.74 Å². The Morgan fingerprint density at radius 3 is 1.62 bits per heavy atom. The van der Waals surface area contributed by atoms with E-state index in [1.807, 2.05) is 0 Å². The highest BCUT2D eigenvalue weighted by atomic mass is 16.6. The average molecular weight is 464 g/mol. The normalized spacial score (nSPS) is 11.4. The van der Waals surface area contributed by atoms with E-state index < -0.39 is 42.4 Å². The second kappa shape index (κ2) is 8.05. The van der Waals surface area contributed by atoms with Gasteiger partial charge in [0.25, 0.3) is 22.7 Å². The lowest BCUT2D eigenvalue weighted by Gasteiger charge is -2.05. The Morgan fingerprint density at radius 1 is 0.706 bits per heavy atom. The number of nitrogens with zero attached hydrogens (tertiary/aromatic N) is 4. The molecule has 0 spiro atoms. The Balaban J connectivity index is 2.18. The highest BCUT2D eigenvalue weighted by Gasteiger charge is 2.40. The number of methoxy groups -OCH3 is 1. The molecule has 0 unspecified atom stereocenters. The van der Waals surface area contributed by atoms with Gasteiger partial charge in [0.15, 0.2) is 0 Å². The standard InChI is InChI=1S/C21H12N4O9/c1-34-14-4-2-3-11(5-14)6-15-16-7-12(22(26)27)9-18(24(30)31)20(16)21-17(15)8-13(23(28)29)10-19(21)25(32)33/h2-10H,1H3. The fourth-order valence-electron chi connectivity index (χ4n) is 3.87. The van der Waals surface area contributed by atoms with Crippen molar-refractivity contribution in [2.24, 2.45) is 0 Å². The summed E-state index contributed by atoms with van der Waals surface area (Å²) in [6.45, 7) is 0. The molecular weight excluding hydrogens is 452 g/mol. The van der Waals surface area contributed by atoms with Crippen molar-refractivity contribution in [3.05, 3.63) is 106 Å². The molecule has 170 valence electrons. The van der Waals surface area contributed by atoms with Crippen molar-refractivity contribution < 1.29 is 24.4 Å². The first-order valence-electron chi connectivity index (χ1n) is 9.43. The fraction of sp³-hybridized carbons (Fsp3) is 0.0476. The monoisotopic (exact) mass is 464 g/mol. The molecule has 34 heavy (non-hydrogen) atoms. The quantitative estimate of drug-likeness (QED) is 0.283. The molecule has 1 aliphatic carbocycles. The van der Waals surface area contributed by atoms with E-state index in [1.165, 1.54) is 13.2 Å². The number of ether oxygens (including phenoxy) is 1. The van der Waals surface area contributed by atoms with Crippen molar-refractivity contribution in [1.82, 2.24) is 0 Å². The summed E-state index contributed by atoms with van der Waals surface area (Å²) in [6, 6.07) is 10.1. The van der Waals surface area contributed by atoms with Gasteiger partial charge in [0, 0.05) is 23.3 Å². The molecule has 4 rings (SSSR count). The van der Waals surface area contributed by atoms with Crippen LogP contribution < -0.4 is 4.74 Å². The summed E-state index contributed by atoms with van der Waals surface area (Å²) in [4.78, 5) is 43.2. The maximum atomic E-state index is 11.8. The molecule has 3 aromatic rings. The predicted molar refractivity (Wildman–Crippen MR) is 118 cm³/mol. The largest absolute Gasteiger partial charge is 0.497 e. The number of benzene rings is 3. The molecule has 3 aromatic carbocycles. The summed E-state index contributed by atoms with van der Waals surface area (Å²) in [6.07, 6.45) is 1.48. The van der Waals surface area contributed by atoms with Crippen LogP contribution >= 0.6 is 0 Å². The van der Waals surface area contributed by atoms with Gasteiger partial charge in [-0.25, -0.2) is 0 Å². The van der Waals surface area contributed by atoms with Crippen LogP contribution in [0.25, 0.3) is 22.8 Å². The molecule has 0 bridgehead atoms. The summed E-state index contributed by atoms with van der Waals surface area (Å²) in [5.74, 6) is 0.461. The molecule has 13 heteroatoms. The Kier molecular flexibility index (Phi) is 5.21. The molecule has 0 radical (unpaired) electrons. The Labute approximate surface area is 189 Å². The van der Waals surface area contributed by atoms with Crippen molar-refractivity contribution in [3.63, 3.8) is 0 Å². The van der Waals surface area contributed by atoms with Crippen LogP contribution in [0.2, 0.25) is 0 Å². The van der Waals surface area contributed by atoms with Crippen molar-refractivity contribution in [3.8, 4) is 16.9 Å². The molecule has 0 aliphatic heterocycles. The number of non-ortho nitro benzene ring substituents is 2. The zero-order valence-electron chi connectivity index (χ0n) is 17.2. The summed E-state index contributed by atoms with van der Waals surface area (Å²) in [7, 11) is 1.44. The van der Waals surface area contributed by atoms with Crippen LogP contribution in [-0.2, 0) is 0 Å². The molecule has 0 heterocycles. The minimum absolute atomic E-state index is 0.0256. The molecule has 1 aliphatic rings. The topological polar surface area (TPSA) is 182 Å². The van der Waals surface area contributed by atoms with Crippen LogP contribution in [-0.4, -0.2) is 26.8 Å². The summed E-state index contributed by atoms with van der Waals surface area (Å²) < 4.78 is 5.17. The van der Waals surface area contributed by atoms with Gasteiger partial charge in [0.1, 0.15) is 5.75 Å². The van der Waals surface area contributed by atoms with Crippen LogP contribution in [0.3, 0.4) is 0 Å². The highest BCUT2D eigenvalue weighted by Crippen LogP contribution is 2.54. The van der Waals surface area contributed by atoms with E-state index in [9.17, 15) is 40.5 Å². The molecule has 0 atom stereocenters. The van der Waals surface area contributed by atoms with Gasteiger partial charge in [-0.15, -0.1) is 0 Å². The third-order valence-corrected chi connectivity index (χ3v) is 5.25. The Bertz CT molecular complexity index is 1380. The van der Waals surface area contributed by atoms with Crippen molar-refractivity contribution in [2.45, 2.75) is 0 Å². The number of hydrogen-bond donors (Lipinski definition) is 0. The maximum Gasteiger partial charge on any atom is 0.284 e. The molecule has 0 amide bonds. The fourth-order valence-corrected chi connectivity index (χ4v) is 3.87. The van der Waals surface area contributed by atoms with E-state index in [0.29, 0.717) is 23.4 Å². The minimum Gasteiger partial charge on any atom is -0.497 e. The number of fused-ring (bicyclic) bond motifs is 3. The van der Waals surface area contributed by atoms with Crippen LogP contribution in [0.5, 0.6) is 5.75 Å². The van der Waals surface area contributed by atoms with Gasteiger partial charge in [0.2, 0.25) is 0 Å². The summed E-state index contributed by atoms with van der Waals surface area (Å²) in [5.41, 5.74) is -2.53. The lowest BCUT2D eigenvalue weighted by atomic mass is 10.00. The zero-order chi connectivity index (χ0) is 24.7. The van der Waals surface area contributed by atoms with E-state index in [2.05, 4.69) is 0 Å². The molecular formula is C21H12N4O9. The first kappa shape index (κ1) is 22.0. The van der Waals surface area contributed by atoms with Crippen LogP contribution in [0, 0.1) is 40.5 Å². The number of hydrogen-bond acceptors (Lipinski definition) is 9. The number of rotatable bonds is 6. The van der Waals surface area contributed by atoms with Crippen LogP contribution in [0.4, 0.5) is 22.7 Å². The second-order valence-electron chi connectivity index (χ2n) is 7.14. The van der Waals surface area contributed by atoms with Gasteiger partial charge in [0.05, 0.1) is 50.1 Å². The summed E-state index contributed by atoms with van der Waals surface area (Å²) >= 11 is 0. The van der Waals surface area contributed by atoms with Gasteiger partial charge < -0.3 is 4.74 Å². The summed E-state index contributed by atoms with van der Waals surface area (Å²) in [5, 5.41) is 46.6. The van der Waals surface area contributed by atoms with E-state index in [0.717, 1.165) is 12.1 Å². The van der Waals surface area contributed by atoms with E-state index >= 15 is 0 Å². The minimum atomic E-state index is -0.880. The molecule has 13 nitrogen and oxygen atoms in total. The molecule has 0 saturated carbocycles. The lowest BCUT2D eigenvalue weighted by molar-refractivity contribution is -0.395. The first-order valence-corrected chi connectivity index (χ1v) is 9.43. The number of nitro groups is 4. The molecule has 0 saturated heterocycles. The highest BCUT2D eigenvalue weighted by molar-refractivity contribution is 6.12. The van der Waals surface area contributed by atoms with Gasteiger partial charge >= 0.3 is 0 Å². The van der Waals surface area contributed by atoms with Crippen LogP contribution in [0.1, 0.15) is 16.7 Å². The van der Waals surface area contributed by atoms with Gasteiger partial charge in [-0.05, 0) is 29.3 Å². The third kappa shape index (κ3) is 3.56. The van der Waals surface area contributed by atoms with Gasteiger partial charge in [-0.2, -0.15) is 0 Å². The Morgan fingerprint density at radius 2 is 1.21 bits per heavy atom. The van der Waals surface area contributed by atoms with E-state index in [1.54, 1.807) is 24.3 Å². The zero-order valence-corrected chi connectivity index (χ0v) is 17.2. The van der Waals surface area contributed by atoms with Crippen molar-refractivity contribution >= 4 is 34.4 Å². The molecule has 0 fully saturated rings. The molecule has 0 N–H and O–H groups in total. The SMILES string of the molecule is COc1cccc(C=C2c3cc([N+](=O)[O-])cc([N+](=O)[O-])c3-c3c2cc([N+](=O)[O-])cc3[N+](=O)[O-])c1. The van der Waals surface area contributed by atoms with Gasteiger partial charge in [-0.1, -0.05) is 12.1 Å². The smallest absolute Gasteiger partial charge is 0.284 e. The molecule has 0 aromatic heterocycles. The number of nitro benzene ring substituents is 4. The van der Waals surface area contributed by atoms with Gasteiger partial charge in [-0.3, -0.25) is 40.5 Å². The Hall–Kier alpha value is -5.20.